The van der Waals surface area contributed by atoms with Crippen molar-refractivity contribution in [2.75, 3.05) is 28.2 Å². The highest BCUT2D eigenvalue weighted by atomic mass is 35.5. The molecule has 1 aliphatic rings. The Balaban J connectivity index is 2.67. The Labute approximate surface area is 316 Å². The summed E-state index contributed by atoms with van der Waals surface area (Å²) >= 11 is 12.0. The first kappa shape index (κ1) is 44.3. The van der Waals surface area contributed by atoms with Crippen molar-refractivity contribution in [2.24, 2.45) is 11.8 Å². The number of halogens is 2. The quantitative estimate of drug-likeness (QED) is 0.314. The van der Waals surface area contributed by atoms with Gasteiger partial charge in [-0.25, -0.2) is 4.79 Å². The Morgan fingerprint density at radius 1 is 0.808 bits per heavy atom. The fourth-order valence-electron chi connectivity index (χ4n) is 6.05. The van der Waals surface area contributed by atoms with Crippen molar-refractivity contribution in [2.45, 2.75) is 108 Å². The summed E-state index contributed by atoms with van der Waals surface area (Å²) in [4.78, 5) is 100. The first-order valence-electron chi connectivity index (χ1n) is 17.3. The molecule has 1 aliphatic heterocycles. The molecule has 14 nitrogen and oxygen atoms in total. The molecule has 1 heterocycles. The normalized spacial score (nSPS) is 27.1. The number of nitrogens with one attached hydrogen (secondary N) is 2. The molecule has 290 valence electrons. The van der Waals surface area contributed by atoms with Gasteiger partial charge < -0.3 is 35.0 Å². The summed E-state index contributed by atoms with van der Waals surface area (Å²) in [5.74, 6) is -5.57. The number of esters is 1. The highest BCUT2D eigenvalue weighted by molar-refractivity contribution is 6.44. The Bertz CT molecular complexity index is 1460. The van der Waals surface area contributed by atoms with Crippen LogP contribution in [0.15, 0.2) is 30.3 Å². The lowest BCUT2D eigenvalue weighted by atomic mass is 9.99. The molecule has 0 aromatic heterocycles. The molecule has 2 N–H and O–H groups in total. The molecule has 0 aliphatic carbocycles. The summed E-state index contributed by atoms with van der Waals surface area (Å²) in [5, 5.41) is 5.31. The monoisotopic (exact) mass is 768 g/mol. The van der Waals surface area contributed by atoms with E-state index in [1.807, 2.05) is 6.07 Å². The van der Waals surface area contributed by atoms with Gasteiger partial charge in [-0.15, -0.1) is 23.2 Å². The molecular formula is C36H54Cl2N6O8. The number of likely N-dealkylation sites (N-methyl/N-ethyl adjacent to an activating group) is 4. The van der Waals surface area contributed by atoms with Crippen molar-refractivity contribution in [3.8, 4) is 0 Å². The lowest BCUT2D eigenvalue weighted by molar-refractivity contribution is -0.164. The van der Waals surface area contributed by atoms with Crippen molar-refractivity contribution in [1.82, 2.24) is 30.2 Å². The van der Waals surface area contributed by atoms with Gasteiger partial charge >= 0.3 is 5.97 Å². The first-order chi connectivity index (χ1) is 24.1. The van der Waals surface area contributed by atoms with E-state index >= 15 is 0 Å². The van der Waals surface area contributed by atoms with Crippen LogP contribution in [0.1, 0.15) is 60.5 Å². The fourth-order valence-corrected chi connectivity index (χ4v) is 6.23. The van der Waals surface area contributed by atoms with Gasteiger partial charge in [0.1, 0.15) is 47.2 Å². The average molecular weight is 770 g/mol. The minimum Gasteiger partial charge on any atom is -0.458 e. The number of cyclic esters (lactones) is 1. The van der Waals surface area contributed by atoms with Gasteiger partial charge in [-0.3, -0.25) is 28.8 Å². The molecule has 16 heteroatoms. The van der Waals surface area contributed by atoms with Gasteiger partial charge in [-0.05, 0) is 45.1 Å². The van der Waals surface area contributed by atoms with Gasteiger partial charge in [0, 0.05) is 41.0 Å². The number of alkyl halides is 2. The van der Waals surface area contributed by atoms with Crippen molar-refractivity contribution >= 4 is 64.6 Å². The minimum atomic E-state index is -1.42. The third-order valence-electron chi connectivity index (χ3n) is 9.52. The summed E-state index contributed by atoms with van der Waals surface area (Å²) in [5.41, 5.74) is 0.736. The van der Waals surface area contributed by atoms with Gasteiger partial charge in [-0.1, -0.05) is 51.1 Å². The zero-order valence-corrected chi connectivity index (χ0v) is 33.4. The standard InChI is InChI=1S/C36H54Cl2N6O8/c1-19(2)28-32(47)39-21(4)33(48)41(8)23(6)34(49)42(9)26(18-25-15-13-12-14-16-25)31(46)40-22(5)36(51)52-24(7)29(35(50)44(28)11)43(10)27(45)17-20(3)30(37)38/h12-16,19-24,26,28-30H,17-18H2,1-11H3,(H,39,47)(H,40,46)/t20-,21+,22+,23+,24+,26+,28-,29-/m0/s1. The van der Waals surface area contributed by atoms with Gasteiger partial charge in [0.2, 0.25) is 35.4 Å². The SMILES string of the molecule is CC(C)[C@H]1C(=O)N[C@H](C)C(=O)N(C)[C@H](C)C(=O)N(C)[C@H](Cc2ccccc2)C(=O)N[C@H](C)C(=O)O[C@H](C)[C@H](N(C)C(=O)C[C@H](C)C(Cl)Cl)C(=O)N1C. The number of hydrogen-bond donors (Lipinski definition) is 2. The summed E-state index contributed by atoms with van der Waals surface area (Å²) in [6.45, 7) is 10.9. The molecule has 1 aromatic rings. The van der Waals surface area contributed by atoms with E-state index < -0.39 is 100 Å². The van der Waals surface area contributed by atoms with E-state index in [0.717, 1.165) is 15.4 Å². The zero-order valence-electron chi connectivity index (χ0n) is 31.9. The number of amides is 6. The lowest BCUT2D eigenvalue weighted by Crippen LogP contribution is -2.61. The van der Waals surface area contributed by atoms with Crippen LogP contribution in [0.3, 0.4) is 0 Å². The van der Waals surface area contributed by atoms with Crippen LogP contribution in [0, 0.1) is 11.8 Å². The maximum absolute atomic E-state index is 14.3. The number of ether oxygens (including phenoxy) is 1. The van der Waals surface area contributed by atoms with E-state index in [2.05, 4.69) is 10.6 Å². The second-order valence-corrected chi connectivity index (χ2v) is 15.1. The van der Waals surface area contributed by atoms with E-state index in [1.165, 1.54) is 65.7 Å². The van der Waals surface area contributed by atoms with Crippen LogP contribution in [0.25, 0.3) is 0 Å². The van der Waals surface area contributed by atoms with Crippen LogP contribution in [0.5, 0.6) is 0 Å². The van der Waals surface area contributed by atoms with Crippen LogP contribution in [0.4, 0.5) is 0 Å². The Hall–Kier alpha value is -3.91. The predicted octanol–water partition coefficient (Wildman–Crippen LogP) is 2.00. The molecule has 1 aromatic carbocycles. The van der Waals surface area contributed by atoms with E-state index in [0.29, 0.717) is 0 Å². The molecule has 0 bridgehead atoms. The number of benzene rings is 1. The average Bonchev–Trinajstić information content (AvgIpc) is 3.08. The van der Waals surface area contributed by atoms with Crippen molar-refractivity contribution in [3.05, 3.63) is 35.9 Å². The van der Waals surface area contributed by atoms with Gasteiger partial charge in [0.25, 0.3) is 0 Å². The summed E-state index contributed by atoms with van der Waals surface area (Å²) < 4.78 is 5.74. The van der Waals surface area contributed by atoms with E-state index in [9.17, 15) is 33.6 Å². The van der Waals surface area contributed by atoms with E-state index in [4.69, 9.17) is 27.9 Å². The molecule has 6 amide bonds. The topological polar surface area (TPSA) is 166 Å². The molecule has 0 unspecified atom stereocenters. The molecule has 52 heavy (non-hydrogen) atoms. The first-order valence-corrected chi connectivity index (χ1v) is 18.2. The number of carbonyl (C=O) groups is 7. The molecule has 0 spiro atoms. The summed E-state index contributed by atoms with van der Waals surface area (Å²) in [7, 11) is 5.61. The van der Waals surface area contributed by atoms with Gasteiger partial charge in [0.05, 0.1) is 0 Å². The predicted molar refractivity (Wildman–Crippen MR) is 197 cm³/mol. The molecule has 0 saturated carbocycles. The van der Waals surface area contributed by atoms with Crippen LogP contribution >= 0.6 is 23.2 Å². The van der Waals surface area contributed by atoms with Crippen molar-refractivity contribution in [3.63, 3.8) is 0 Å². The van der Waals surface area contributed by atoms with Gasteiger partial charge in [0.15, 0.2) is 0 Å². The minimum absolute atomic E-state index is 0.0835. The molecule has 0 radical (unpaired) electrons. The van der Waals surface area contributed by atoms with Crippen LogP contribution in [-0.2, 0) is 44.7 Å². The molecule has 8 atom stereocenters. The zero-order chi connectivity index (χ0) is 39.8. The van der Waals surface area contributed by atoms with Crippen molar-refractivity contribution < 1.29 is 38.3 Å². The maximum Gasteiger partial charge on any atom is 0.328 e. The second-order valence-electron chi connectivity index (χ2n) is 14.0. The smallest absolute Gasteiger partial charge is 0.328 e. The Kier molecular flexibility index (Phi) is 16.4. The lowest BCUT2D eigenvalue weighted by Gasteiger charge is -2.38. The van der Waals surface area contributed by atoms with Crippen LogP contribution in [-0.4, -0.2) is 136 Å². The van der Waals surface area contributed by atoms with Crippen LogP contribution < -0.4 is 10.6 Å². The Morgan fingerprint density at radius 3 is 1.90 bits per heavy atom. The highest BCUT2D eigenvalue weighted by Crippen LogP contribution is 2.22. The second kappa shape index (κ2) is 19.2. The van der Waals surface area contributed by atoms with E-state index in [1.54, 1.807) is 45.0 Å². The number of rotatable bonds is 7. The molecule has 1 saturated heterocycles. The van der Waals surface area contributed by atoms with Crippen LogP contribution in [0.2, 0.25) is 0 Å². The maximum atomic E-state index is 14.3. The number of hydrogen-bond acceptors (Lipinski definition) is 8. The largest absolute Gasteiger partial charge is 0.458 e. The Morgan fingerprint density at radius 2 is 1.37 bits per heavy atom. The number of carbonyl (C=O) groups excluding carboxylic acids is 7. The van der Waals surface area contributed by atoms with E-state index in [-0.39, 0.29) is 12.8 Å². The molecular weight excluding hydrogens is 715 g/mol. The highest BCUT2D eigenvalue weighted by Gasteiger charge is 2.42. The molecule has 1 fully saturated rings. The third kappa shape index (κ3) is 11.0. The van der Waals surface area contributed by atoms with Crippen molar-refractivity contribution in [1.29, 1.82) is 0 Å². The summed E-state index contributed by atoms with van der Waals surface area (Å²) in [6.07, 6.45) is -1.32. The van der Waals surface area contributed by atoms with Gasteiger partial charge in [-0.2, -0.15) is 0 Å². The summed E-state index contributed by atoms with van der Waals surface area (Å²) in [6, 6.07) is 1.89. The number of nitrogens with zero attached hydrogens (tertiary/aromatic N) is 4. The fraction of sp³-hybridized carbons (Fsp3) is 0.639. The molecule has 2 rings (SSSR count). The third-order valence-corrected chi connectivity index (χ3v) is 10.4.